The first-order valence-electron chi connectivity index (χ1n) is 5.76. The molecule has 102 valence electrons. The Hall–Kier alpha value is -2.89. The third-order valence-electron chi connectivity index (χ3n) is 3.12. The number of aliphatic hydroxyl groups is 2. The molecule has 1 heterocycles. The number of allylic oxidation sites excluding steroid dienone is 3. The van der Waals surface area contributed by atoms with Crippen molar-refractivity contribution in [1.82, 2.24) is 0 Å². The Bertz CT molecular complexity index is 710. The number of aliphatic hydroxyl groups excluding tert-OH is 2. The molecule has 0 bridgehead atoms. The molecular weight excluding hydrogens is 264 g/mol. The lowest BCUT2D eigenvalue weighted by Crippen LogP contribution is -2.12. The molecule has 1 aliphatic heterocycles. The number of benzene rings is 1. The van der Waals surface area contributed by atoms with Gasteiger partial charge in [0.05, 0.1) is 5.57 Å². The summed E-state index contributed by atoms with van der Waals surface area (Å²) in [5.41, 5.74) is 0.565. The number of aromatic hydroxyl groups is 2. The SMILES string of the molecule is O=C1C(O)=CC(O)=C2OC(c3ccc(O)c(O)c3)C=C12. The maximum absolute atomic E-state index is 11.7. The second kappa shape index (κ2) is 4.06. The molecule has 4 N–H and O–H groups in total. The van der Waals surface area contributed by atoms with E-state index >= 15 is 0 Å². The van der Waals surface area contributed by atoms with Crippen LogP contribution in [0.15, 0.2) is 53.2 Å². The van der Waals surface area contributed by atoms with Crippen LogP contribution in [-0.2, 0) is 9.53 Å². The third-order valence-corrected chi connectivity index (χ3v) is 3.12. The van der Waals surface area contributed by atoms with Crippen LogP contribution in [0.1, 0.15) is 11.7 Å². The Morgan fingerprint density at radius 3 is 2.50 bits per heavy atom. The van der Waals surface area contributed by atoms with Gasteiger partial charge in [0.1, 0.15) is 6.10 Å². The molecule has 2 aliphatic rings. The van der Waals surface area contributed by atoms with E-state index < -0.39 is 17.6 Å². The minimum atomic E-state index is -0.697. The fourth-order valence-corrected chi connectivity index (χ4v) is 2.11. The summed E-state index contributed by atoms with van der Waals surface area (Å²) in [6.45, 7) is 0. The van der Waals surface area contributed by atoms with Crippen molar-refractivity contribution in [1.29, 1.82) is 0 Å². The molecule has 0 amide bonds. The van der Waals surface area contributed by atoms with Gasteiger partial charge in [-0.15, -0.1) is 0 Å². The maximum Gasteiger partial charge on any atom is 0.231 e. The summed E-state index contributed by atoms with van der Waals surface area (Å²) in [5.74, 6) is -2.12. The van der Waals surface area contributed by atoms with Crippen LogP contribution in [-0.4, -0.2) is 26.2 Å². The Morgan fingerprint density at radius 1 is 1.05 bits per heavy atom. The van der Waals surface area contributed by atoms with Gasteiger partial charge < -0.3 is 25.2 Å². The number of phenolic OH excluding ortho intramolecular Hbond substituents is 2. The van der Waals surface area contributed by atoms with Crippen LogP contribution < -0.4 is 0 Å². The summed E-state index contributed by atoms with van der Waals surface area (Å²) in [6.07, 6.45) is 1.66. The van der Waals surface area contributed by atoms with Crippen LogP contribution in [0, 0.1) is 0 Å². The molecule has 3 rings (SSSR count). The molecule has 6 heteroatoms. The summed E-state index contributed by atoms with van der Waals surface area (Å²) in [5, 5.41) is 37.8. The van der Waals surface area contributed by atoms with E-state index in [1.54, 1.807) is 0 Å². The van der Waals surface area contributed by atoms with Crippen LogP contribution in [0.3, 0.4) is 0 Å². The quantitative estimate of drug-likeness (QED) is 0.582. The van der Waals surface area contributed by atoms with Crippen molar-refractivity contribution in [3.63, 3.8) is 0 Å². The van der Waals surface area contributed by atoms with Crippen molar-refractivity contribution in [3.8, 4) is 11.5 Å². The van der Waals surface area contributed by atoms with Crippen molar-refractivity contribution >= 4 is 5.78 Å². The number of carbonyl (C=O) groups excluding carboxylic acids is 1. The van der Waals surface area contributed by atoms with Gasteiger partial charge in [0.15, 0.2) is 28.8 Å². The Morgan fingerprint density at radius 2 is 1.80 bits per heavy atom. The lowest BCUT2D eigenvalue weighted by Gasteiger charge is -2.14. The smallest absolute Gasteiger partial charge is 0.231 e. The predicted octanol–water partition coefficient (Wildman–Crippen LogP) is 1.89. The second-order valence-electron chi connectivity index (χ2n) is 4.44. The van der Waals surface area contributed by atoms with Gasteiger partial charge in [0.2, 0.25) is 5.78 Å². The number of Topliss-reactive ketones (excluding diaryl/α,β-unsaturated/α-hetero) is 1. The molecule has 1 atom stereocenters. The van der Waals surface area contributed by atoms with Gasteiger partial charge in [-0.3, -0.25) is 4.79 Å². The van der Waals surface area contributed by atoms with Crippen molar-refractivity contribution in [2.45, 2.75) is 6.10 Å². The van der Waals surface area contributed by atoms with Gasteiger partial charge in [0.25, 0.3) is 0 Å². The third kappa shape index (κ3) is 1.70. The summed E-state index contributed by atoms with van der Waals surface area (Å²) < 4.78 is 5.45. The highest BCUT2D eigenvalue weighted by Gasteiger charge is 2.35. The monoisotopic (exact) mass is 274 g/mol. The average Bonchev–Trinajstić information content (AvgIpc) is 2.85. The van der Waals surface area contributed by atoms with E-state index in [9.17, 15) is 25.2 Å². The minimum Gasteiger partial charge on any atom is -0.504 e. The second-order valence-corrected chi connectivity index (χ2v) is 4.44. The van der Waals surface area contributed by atoms with E-state index in [1.807, 2.05) is 0 Å². The topological polar surface area (TPSA) is 107 Å². The molecule has 20 heavy (non-hydrogen) atoms. The van der Waals surface area contributed by atoms with Gasteiger partial charge in [-0.25, -0.2) is 0 Å². The first kappa shape index (κ1) is 12.2. The fourth-order valence-electron chi connectivity index (χ4n) is 2.11. The molecule has 1 aliphatic carbocycles. The number of fused-ring (bicyclic) bond motifs is 1. The van der Waals surface area contributed by atoms with E-state index in [2.05, 4.69) is 0 Å². The summed E-state index contributed by atoms with van der Waals surface area (Å²) >= 11 is 0. The molecule has 0 radical (unpaired) electrons. The van der Waals surface area contributed by atoms with Gasteiger partial charge in [0, 0.05) is 11.6 Å². The van der Waals surface area contributed by atoms with E-state index in [0.29, 0.717) is 5.56 Å². The zero-order chi connectivity index (χ0) is 14.4. The zero-order valence-corrected chi connectivity index (χ0v) is 10.1. The predicted molar refractivity (Wildman–Crippen MR) is 67.1 cm³/mol. The van der Waals surface area contributed by atoms with Gasteiger partial charge >= 0.3 is 0 Å². The first-order valence-corrected chi connectivity index (χ1v) is 5.76. The van der Waals surface area contributed by atoms with E-state index in [1.165, 1.54) is 24.3 Å². The number of carbonyl (C=O) groups is 1. The fraction of sp³-hybridized carbons (Fsp3) is 0.0714. The average molecular weight is 274 g/mol. The summed E-state index contributed by atoms with van der Waals surface area (Å²) in [4.78, 5) is 11.7. The standard InChI is InChI=1S/C14H10O6/c15-8-2-1-6(3-9(8)16)12-4-7-13(19)10(17)5-11(18)14(7)20-12/h1-5,12,15-18H. The van der Waals surface area contributed by atoms with Crippen molar-refractivity contribution in [2.24, 2.45) is 0 Å². The first-order chi connectivity index (χ1) is 9.47. The van der Waals surface area contributed by atoms with Crippen molar-refractivity contribution in [3.05, 3.63) is 58.8 Å². The number of ether oxygens (including phenoxy) is 1. The van der Waals surface area contributed by atoms with Gasteiger partial charge in [-0.05, 0) is 18.2 Å². The van der Waals surface area contributed by atoms with Crippen LogP contribution in [0.5, 0.6) is 11.5 Å². The highest BCUT2D eigenvalue weighted by atomic mass is 16.5. The molecule has 6 nitrogen and oxygen atoms in total. The lowest BCUT2D eigenvalue weighted by molar-refractivity contribution is -0.114. The largest absolute Gasteiger partial charge is 0.504 e. The maximum atomic E-state index is 11.7. The summed E-state index contributed by atoms with van der Waals surface area (Å²) in [6, 6.07) is 4.10. The molecular formula is C14H10O6. The minimum absolute atomic E-state index is 0.00892. The molecule has 0 saturated carbocycles. The highest BCUT2D eigenvalue weighted by molar-refractivity contribution is 6.11. The van der Waals surface area contributed by atoms with Crippen LogP contribution in [0.25, 0.3) is 0 Å². The summed E-state index contributed by atoms with van der Waals surface area (Å²) in [7, 11) is 0. The Kier molecular flexibility index (Phi) is 2.47. The number of rotatable bonds is 1. The van der Waals surface area contributed by atoms with E-state index in [0.717, 1.165) is 6.08 Å². The van der Waals surface area contributed by atoms with Gasteiger partial charge in [-0.2, -0.15) is 0 Å². The lowest BCUT2D eigenvalue weighted by atomic mass is 10.0. The van der Waals surface area contributed by atoms with Crippen LogP contribution >= 0.6 is 0 Å². The van der Waals surface area contributed by atoms with Crippen LogP contribution in [0.4, 0.5) is 0 Å². The normalized spacial score (nSPS) is 21.2. The zero-order valence-electron chi connectivity index (χ0n) is 10.1. The Labute approximate surface area is 113 Å². The molecule has 1 unspecified atom stereocenters. The number of phenols is 2. The molecule has 0 aromatic heterocycles. The van der Waals surface area contributed by atoms with E-state index in [4.69, 9.17) is 4.74 Å². The van der Waals surface area contributed by atoms with E-state index in [-0.39, 0.29) is 28.6 Å². The molecule has 1 aromatic rings. The molecule has 0 fully saturated rings. The van der Waals surface area contributed by atoms with Crippen molar-refractivity contribution in [2.75, 3.05) is 0 Å². The highest BCUT2D eigenvalue weighted by Crippen LogP contribution is 2.40. The Balaban J connectivity index is 2.01. The number of hydrogen-bond acceptors (Lipinski definition) is 6. The molecule has 0 spiro atoms. The molecule has 0 saturated heterocycles. The molecule has 1 aromatic carbocycles. The van der Waals surface area contributed by atoms with Crippen LogP contribution in [0.2, 0.25) is 0 Å². The van der Waals surface area contributed by atoms with Gasteiger partial charge in [-0.1, -0.05) is 6.07 Å². The number of hydrogen-bond donors (Lipinski definition) is 4. The van der Waals surface area contributed by atoms with Crippen molar-refractivity contribution < 1.29 is 30.0 Å². The number of ketones is 1.